The van der Waals surface area contributed by atoms with Gasteiger partial charge in [0.15, 0.2) is 11.9 Å². The maximum absolute atomic E-state index is 13.1. The van der Waals surface area contributed by atoms with E-state index < -0.39 is 67.4 Å². The van der Waals surface area contributed by atoms with Gasteiger partial charge in [-0.05, 0) is 42.3 Å². The number of aromatic nitrogens is 3. The van der Waals surface area contributed by atoms with Crippen LogP contribution in [-0.2, 0) is 35.2 Å². The molecule has 0 aliphatic rings. The third kappa shape index (κ3) is 8.72. The molecular formula is C24H22ClF6N5O5. The Kier molecular flexibility index (Phi) is 9.70. The van der Waals surface area contributed by atoms with Crippen LogP contribution in [0.5, 0.6) is 0 Å². The van der Waals surface area contributed by atoms with Gasteiger partial charge < -0.3 is 20.9 Å². The molecule has 3 aromatic rings. The van der Waals surface area contributed by atoms with Gasteiger partial charge in [0, 0.05) is 10.6 Å². The molecule has 3 rings (SSSR count). The molecule has 0 spiro atoms. The van der Waals surface area contributed by atoms with Crippen LogP contribution in [-0.4, -0.2) is 56.4 Å². The fourth-order valence-electron chi connectivity index (χ4n) is 3.70. The standard InChI is InChI=1S/C24H22ClF6N5O5/c25-16-6-4-14(5-7-16)20-34-36(22(40)35(20)10-18(37)24(29,30)31)11-19(38)33-17(12-41-21(32)39)9-13-2-1-3-15(8-13)23(26,27)28/h1-8,17-18,37H,9-12H2,(H2,32,39)(H,33,38)/t17-,18+/m1/s1. The first kappa shape index (κ1) is 31.5. The highest BCUT2D eigenvalue weighted by Crippen LogP contribution is 2.30. The van der Waals surface area contributed by atoms with E-state index in [2.05, 4.69) is 15.2 Å². The van der Waals surface area contributed by atoms with E-state index in [1.54, 1.807) is 0 Å². The minimum Gasteiger partial charge on any atom is -0.448 e. The van der Waals surface area contributed by atoms with Crippen LogP contribution in [0.25, 0.3) is 11.4 Å². The molecule has 0 aliphatic heterocycles. The number of nitrogens with two attached hydrogens (primary N) is 1. The number of aliphatic hydroxyl groups is 1. The van der Waals surface area contributed by atoms with Crippen LogP contribution < -0.4 is 16.7 Å². The van der Waals surface area contributed by atoms with E-state index in [1.165, 1.54) is 30.3 Å². The molecule has 17 heteroatoms. The van der Waals surface area contributed by atoms with Crippen molar-refractivity contribution in [3.8, 4) is 11.4 Å². The molecule has 1 heterocycles. The number of carbonyl (C=O) groups is 2. The molecule has 1 aromatic heterocycles. The first-order valence-electron chi connectivity index (χ1n) is 11.6. The first-order valence-corrected chi connectivity index (χ1v) is 12.0. The predicted molar refractivity (Wildman–Crippen MR) is 132 cm³/mol. The van der Waals surface area contributed by atoms with E-state index in [1.807, 2.05) is 0 Å². The summed E-state index contributed by atoms with van der Waals surface area (Å²) < 4.78 is 84.1. The lowest BCUT2D eigenvalue weighted by Gasteiger charge is -2.19. The molecule has 10 nitrogen and oxygen atoms in total. The Bertz CT molecular complexity index is 1440. The summed E-state index contributed by atoms with van der Waals surface area (Å²) in [5.41, 5.74) is 3.10. The smallest absolute Gasteiger partial charge is 0.416 e. The number of rotatable bonds is 10. The number of benzene rings is 2. The summed E-state index contributed by atoms with van der Waals surface area (Å²) in [5.74, 6) is -1.25. The van der Waals surface area contributed by atoms with Gasteiger partial charge in [-0.1, -0.05) is 29.8 Å². The number of hydrogen-bond donors (Lipinski definition) is 3. The molecule has 2 atom stereocenters. The van der Waals surface area contributed by atoms with Crippen LogP contribution in [0.2, 0.25) is 5.02 Å². The van der Waals surface area contributed by atoms with Gasteiger partial charge in [-0.2, -0.15) is 26.3 Å². The third-order valence-corrected chi connectivity index (χ3v) is 5.83. The van der Waals surface area contributed by atoms with Crippen LogP contribution in [0.3, 0.4) is 0 Å². The van der Waals surface area contributed by atoms with Crippen molar-refractivity contribution in [3.05, 3.63) is 75.2 Å². The van der Waals surface area contributed by atoms with Crippen LogP contribution in [0.1, 0.15) is 11.1 Å². The van der Waals surface area contributed by atoms with Crippen molar-refractivity contribution >= 4 is 23.6 Å². The number of primary amides is 1. The molecule has 0 saturated heterocycles. The van der Waals surface area contributed by atoms with Crippen molar-refractivity contribution in [2.75, 3.05) is 6.61 Å². The van der Waals surface area contributed by atoms with Crippen LogP contribution in [0.4, 0.5) is 31.1 Å². The van der Waals surface area contributed by atoms with Crippen molar-refractivity contribution in [1.29, 1.82) is 0 Å². The number of nitrogens with one attached hydrogen (secondary N) is 1. The minimum atomic E-state index is -5.06. The summed E-state index contributed by atoms with van der Waals surface area (Å²) in [4.78, 5) is 36.8. The Labute approximate surface area is 232 Å². The Morgan fingerprint density at radius 3 is 2.34 bits per heavy atom. The van der Waals surface area contributed by atoms with Crippen LogP contribution in [0, 0.1) is 0 Å². The molecule has 2 amide bonds. The van der Waals surface area contributed by atoms with Gasteiger partial charge in [0.05, 0.1) is 18.2 Å². The summed E-state index contributed by atoms with van der Waals surface area (Å²) in [6.45, 7) is -2.62. The third-order valence-electron chi connectivity index (χ3n) is 5.58. The van der Waals surface area contributed by atoms with Gasteiger partial charge in [-0.15, -0.1) is 5.10 Å². The van der Waals surface area contributed by atoms with Crippen molar-refractivity contribution in [1.82, 2.24) is 19.7 Å². The van der Waals surface area contributed by atoms with E-state index in [4.69, 9.17) is 17.3 Å². The normalized spacial score (nSPS) is 13.5. The topological polar surface area (TPSA) is 141 Å². The second-order valence-electron chi connectivity index (χ2n) is 8.74. The predicted octanol–water partition coefficient (Wildman–Crippen LogP) is 3.13. The van der Waals surface area contributed by atoms with E-state index in [0.29, 0.717) is 9.25 Å². The number of aliphatic hydroxyl groups excluding tert-OH is 1. The molecule has 222 valence electrons. The lowest BCUT2D eigenvalue weighted by atomic mass is 10.0. The average molecular weight is 610 g/mol. The average Bonchev–Trinajstić information content (AvgIpc) is 3.16. The molecule has 2 aromatic carbocycles. The van der Waals surface area contributed by atoms with Gasteiger partial charge >= 0.3 is 24.1 Å². The number of nitrogens with zero attached hydrogens (tertiary/aromatic N) is 3. The van der Waals surface area contributed by atoms with Gasteiger partial charge in [-0.3, -0.25) is 9.36 Å². The Balaban J connectivity index is 1.87. The second-order valence-corrected chi connectivity index (χ2v) is 9.17. The molecular weight excluding hydrogens is 588 g/mol. The van der Waals surface area contributed by atoms with Crippen molar-refractivity contribution in [2.24, 2.45) is 5.73 Å². The lowest BCUT2D eigenvalue weighted by Crippen LogP contribution is -2.44. The summed E-state index contributed by atoms with van der Waals surface area (Å²) in [7, 11) is 0. The highest BCUT2D eigenvalue weighted by molar-refractivity contribution is 6.30. The SMILES string of the molecule is NC(=O)OC[C@@H](Cc1cccc(C(F)(F)F)c1)NC(=O)Cn1nc(-c2ccc(Cl)cc2)n(C[C@H](O)C(F)(F)F)c1=O. The number of amides is 2. The summed E-state index contributed by atoms with van der Waals surface area (Å²) >= 11 is 5.84. The largest absolute Gasteiger partial charge is 0.448 e. The first-order chi connectivity index (χ1) is 19.0. The van der Waals surface area contributed by atoms with Crippen molar-refractivity contribution < 1.29 is 45.8 Å². The number of hydrogen-bond acceptors (Lipinski definition) is 6. The quantitative estimate of drug-likeness (QED) is 0.302. The number of carbonyl (C=O) groups excluding carboxylic acids is 2. The van der Waals surface area contributed by atoms with Gasteiger partial charge in [0.2, 0.25) is 5.91 Å². The van der Waals surface area contributed by atoms with E-state index in [0.717, 1.165) is 18.2 Å². The van der Waals surface area contributed by atoms with Gasteiger partial charge in [0.1, 0.15) is 13.2 Å². The number of ether oxygens (including phenoxy) is 1. The number of alkyl halides is 6. The van der Waals surface area contributed by atoms with Crippen molar-refractivity contribution in [3.63, 3.8) is 0 Å². The maximum atomic E-state index is 13.1. The Hall–Kier alpha value is -4.05. The fourth-order valence-corrected chi connectivity index (χ4v) is 3.83. The Morgan fingerprint density at radius 1 is 1.10 bits per heavy atom. The Morgan fingerprint density at radius 2 is 1.76 bits per heavy atom. The summed E-state index contributed by atoms with van der Waals surface area (Å²) in [6, 6.07) is 8.53. The number of halogens is 7. The van der Waals surface area contributed by atoms with Crippen molar-refractivity contribution in [2.45, 2.75) is 44.0 Å². The lowest BCUT2D eigenvalue weighted by molar-refractivity contribution is -0.207. The summed E-state index contributed by atoms with van der Waals surface area (Å²) in [6.07, 6.45) is -14.1. The zero-order chi connectivity index (χ0) is 30.5. The second kappa shape index (κ2) is 12.6. The molecule has 0 saturated carbocycles. The fraction of sp³-hybridized carbons (Fsp3) is 0.333. The highest BCUT2D eigenvalue weighted by atomic mass is 35.5. The van der Waals surface area contributed by atoms with E-state index >= 15 is 0 Å². The summed E-state index contributed by atoms with van der Waals surface area (Å²) in [5, 5.41) is 16.2. The molecule has 41 heavy (non-hydrogen) atoms. The zero-order valence-electron chi connectivity index (χ0n) is 20.7. The minimum absolute atomic E-state index is 0.116. The van der Waals surface area contributed by atoms with Gasteiger partial charge in [-0.25, -0.2) is 14.3 Å². The molecule has 4 N–H and O–H groups in total. The maximum Gasteiger partial charge on any atom is 0.416 e. The molecule has 0 fully saturated rings. The molecule has 0 radical (unpaired) electrons. The molecule has 0 aliphatic carbocycles. The highest BCUT2D eigenvalue weighted by Gasteiger charge is 2.39. The van der Waals surface area contributed by atoms with Crippen LogP contribution >= 0.6 is 11.6 Å². The van der Waals surface area contributed by atoms with E-state index in [-0.39, 0.29) is 28.4 Å². The molecule has 0 bridgehead atoms. The van der Waals surface area contributed by atoms with E-state index in [9.17, 15) is 45.8 Å². The van der Waals surface area contributed by atoms with Crippen LogP contribution in [0.15, 0.2) is 53.3 Å². The molecule has 0 unspecified atom stereocenters. The zero-order valence-corrected chi connectivity index (χ0v) is 21.5. The monoisotopic (exact) mass is 609 g/mol. The van der Waals surface area contributed by atoms with Gasteiger partial charge in [0.25, 0.3) is 0 Å².